The smallest absolute Gasteiger partial charge is 0.255 e. The molecule has 0 fully saturated rings. The van der Waals surface area contributed by atoms with Crippen LogP contribution in [0.5, 0.6) is 5.75 Å². The number of rotatable bonds is 3. The number of methoxy groups -OCH3 is 1. The van der Waals surface area contributed by atoms with Crippen LogP contribution >= 0.6 is 11.6 Å². The second-order valence-electron chi connectivity index (χ2n) is 3.93. The quantitative estimate of drug-likeness (QED) is 0.933. The van der Waals surface area contributed by atoms with E-state index in [4.69, 9.17) is 16.3 Å². The molecule has 104 valence electrons. The van der Waals surface area contributed by atoms with Crippen LogP contribution in [0.15, 0.2) is 36.4 Å². The predicted octanol–water partition coefficient (Wildman–Crippen LogP) is 3.88. The first-order valence-electron chi connectivity index (χ1n) is 5.61. The molecule has 2 aromatic carbocycles. The zero-order chi connectivity index (χ0) is 14.7. The number of halogens is 3. The van der Waals surface area contributed by atoms with E-state index in [1.165, 1.54) is 19.2 Å². The normalized spacial score (nSPS) is 10.2. The minimum absolute atomic E-state index is 0.00840. The maximum atomic E-state index is 13.1. The van der Waals surface area contributed by atoms with Gasteiger partial charge in [-0.2, -0.15) is 0 Å². The number of carbonyl (C=O) groups is 1. The Morgan fingerprint density at radius 2 is 1.90 bits per heavy atom. The Morgan fingerprint density at radius 1 is 1.15 bits per heavy atom. The molecule has 1 N–H and O–H groups in total. The van der Waals surface area contributed by atoms with Gasteiger partial charge in [-0.15, -0.1) is 0 Å². The van der Waals surface area contributed by atoms with E-state index in [1.807, 2.05) is 0 Å². The molecule has 0 aliphatic carbocycles. The minimum Gasteiger partial charge on any atom is -0.495 e. The molecule has 0 heterocycles. The van der Waals surface area contributed by atoms with Gasteiger partial charge in [0.25, 0.3) is 5.91 Å². The summed E-state index contributed by atoms with van der Waals surface area (Å²) in [4.78, 5) is 12.0. The topological polar surface area (TPSA) is 38.3 Å². The van der Waals surface area contributed by atoms with Crippen molar-refractivity contribution >= 4 is 23.2 Å². The third-order valence-corrected chi connectivity index (χ3v) is 2.83. The van der Waals surface area contributed by atoms with Gasteiger partial charge in [-0.1, -0.05) is 11.6 Å². The Labute approximate surface area is 119 Å². The summed E-state index contributed by atoms with van der Waals surface area (Å²) in [5.41, 5.74) is 0.334. The molecule has 0 radical (unpaired) electrons. The summed E-state index contributed by atoms with van der Waals surface area (Å²) in [6, 6.07) is 7.58. The predicted molar refractivity (Wildman–Crippen MR) is 72.3 cm³/mol. The monoisotopic (exact) mass is 297 g/mol. The van der Waals surface area contributed by atoms with Crippen molar-refractivity contribution in [2.45, 2.75) is 0 Å². The molecule has 0 saturated heterocycles. The van der Waals surface area contributed by atoms with Crippen molar-refractivity contribution in [1.29, 1.82) is 0 Å². The number of benzene rings is 2. The van der Waals surface area contributed by atoms with Gasteiger partial charge in [0, 0.05) is 10.6 Å². The molecule has 0 bridgehead atoms. The highest BCUT2D eigenvalue weighted by Gasteiger charge is 2.12. The van der Waals surface area contributed by atoms with Crippen LogP contribution in [-0.4, -0.2) is 13.0 Å². The fourth-order valence-electron chi connectivity index (χ4n) is 1.61. The molecule has 0 saturated carbocycles. The Bertz CT molecular complexity index is 662. The zero-order valence-electron chi connectivity index (χ0n) is 10.4. The molecule has 0 atom stereocenters. The molecule has 0 aromatic heterocycles. The van der Waals surface area contributed by atoms with E-state index in [-0.39, 0.29) is 5.56 Å². The van der Waals surface area contributed by atoms with Crippen molar-refractivity contribution in [2.24, 2.45) is 0 Å². The molecule has 1 amide bonds. The molecular weight excluding hydrogens is 288 g/mol. The highest BCUT2D eigenvalue weighted by molar-refractivity contribution is 6.31. The summed E-state index contributed by atoms with van der Waals surface area (Å²) in [5.74, 6) is -2.28. The minimum atomic E-state index is -1.09. The average molecular weight is 298 g/mol. The Balaban J connectivity index is 2.27. The summed E-state index contributed by atoms with van der Waals surface area (Å²) < 4.78 is 31.0. The van der Waals surface area contributed by atoms with E-state index >= 15 is 0 Å². The number of ether oxygens (including phenoxy) is 1. The van der Waals surface area contributed by atoms with Gasteiger partial charge < -0.3 is 10.1 Å². The van der Waals surface area contributed by atoms with Gasteiger partial charge in [0.05, 0.1) is 12.8 Å². The van der Waals surface area contributed by atoms with Gasteiger partial charge in [0.15, 0.2) is 11.6 Å². The lowest BCUT2D eigenvalue weighted by Crippen LogP contribution is -2.13. The lowest BCUT2D eigenvalue weighted by molar-refractivity contribution is 0.102. The maximum absolute atomic E-state index is 13.1. The molecule has 0 aliphatic rings. The fraction of sp³-hybridized carbons (Fsp3) is 0.0714. The van der Waals surface area contributed by atoms with Gasteiger partial charge in [-0.3, -0.25) is 4.79 Å². The van der Waals surface area contributed by atoms with E-state index in [9.17, 15) is 13.6 Å². The summed E-state index contributed by atoms with van der Waals surface area (Å²) in [6.45, 7) is 0. The molecule has 6 heteroatoms. The van der Waals surface area contributed by atoms with E-state index < -0.39 is 17.5 Å². The van der Waals surface area contributed by atoms with Crippen molar-refractivity contribution in [3.8, 4) is 5.75 Å². The van der Waals surface area contributed by atoms with Crippen LogP contribution in [0.1, 0.15) is 10.4 Å². The van der Waals surface area contributed by atoms with Crippen molar-refractivity contribution < 1.29 is 18.3 Å². The Kier molecular flexibility index (Phi) is 4.20. The maximum Gasteiger partial charge on any atom is 0.255 e. The molecule has 0 aliphatic heterocycles. The van der Waals surface area contributed by atoms with E-state index in [0.29, 0.717) is 16.5 Å². The van der Waals surface area contributed by atoms with Crippen molar-refractivity contribution in [1.82, 2.24) is 0 Å². The van der Waals surface area contributed by atoms with Crippen LogP contribution in [0.4, 0.5) is 14.5 Å². The number of hydrogen-bond donors (Lipinski definition) is 1. The molecule has 2 aromatic rings. The van der Waals surface area contributed by atoms with Crippen LogP contribution in [0.3, 0.4) is 0 Å². The van der Waals surface area contributed by atoms with E-state index in [0.717, 1.165) is 12.1 Å². The average Bonchev–Trinajstić information content (AvgIpc) is 2.42. The number of hydrogen-bond acceptors (Lipinski definition) is 2. The molecule has 3 nitrogen and oxygen atoms in total. The van der Waals surface area contributed by atoms with E-state index in [2.05, 4.69) is 5.32 Å². The first-order valence-corrected chi connectivity index (χ1v) is 5.99. The third-order valence-electron chi connectivity index (χ3n) is 2.59. The zero-order valence-corrected chi connectivity index (χ0v) is 11.2. The van der Waals surface area contributed by atoms with Gasteiger partial charge >= 0.3 is 0 Å². The number of anilines is 1. The van der Waals surface area contributed by atoms with Crippen LogP contribution < -0.4 is 10.1 Å². The number of carbonyl (C=O) groups excluding carboxylic acids is 1. The van der Waals surface area contributed by atoms with Crippen molar-refractivity contribution in [2.75, 3.05) is 12.4 Å². The first-order chi connectivity index (χ1) is 9.51. The molecule has 20 heavy (non-hydrogen) atoms. The van der Waals surface area contributed by atoms with Gasteiger partial charge in [-0.25, -0.2) is 8.78 Å². The highest BCUT2D eigenvalue weighted by atomic mass is 35.5. The second-order valence-corrected chi connectivity index (χ2v) is 4.36. The Hall–Kier alpha value is -2.14. The van der Waals surface area contributed by atoms with E-state index in [1.54, 1.807) is 12.1 Å². The standard InChI is InChI=1S/C14H10ClF2NO2/c1-20-13-5-3-9(15)7-12(13)18-14(19)8-2-4-10(16)11(17)6-8/h2-7H,1H3,(H,18,19). The fourth-order valence-corrected chi connectivity index (χ4v) is 1.78. The SMILES string of the molecule is COc1ccc(Cl)cc1NC(=O)c1ccc(F)c(F)c1. The first kappa shape index (κ1) is 14.3. The van der Waals surface area contributed by atoms with Gasteiger partial charge in [0.2, 0.25) is 0 Å². The third kappa shape index (κ3) is 3.05. The number of amides is 1. The second kappa shape index (κ2) is 5.88. The highest BCUT2D eigenvalue weighted by Crippen LogP contribution is 2.28. The van der Waals surface area contributed by atoms with Gasteiger partial charge in [0.1, 0.15) is 5.75 Å². The molecular formula is C14H10ClF2NO2. The molecule has 0 unspecified atom stereocenters. The van der Waals surface area contributed by atoms with Crippen molar-refractivity contribution in [3.05, 3.63) is 58.6 Å². The summed E-state index contributed by atoms with van der Waals surface area (Å²) >= 11 is 5.83. The summed E-state index contributed by atoms with van der Waals surface area (Å²) in [7, 11) is 1.44. The lowest BCUT2D eigenvalue weighted by Gasteiger charge is -2.10. The van der Waals surface area contributed by atoms with Gasteiger partial charge in [-0.05, 0) is 36.4 Å². The summed E-state index contributed by atoms with van der Waals surface area (Å²) in [5, 5.41) is 2.94. The lowest BCUT2D eigenvalue weighted by atomic mass is 10.2. The Morgan fingerprint density at radius 3 is 2.55 bits per heavy atom. The molecule has 2 rings (SSSR count). The van der Waals surface area contributed by atoms with Crippen LogP contribution in [0.25, 0.3) is 0 Å². The largest absolute Gasteiger partial charge is 0.495 e. The van der Waals surface area contributed by atoms with Crippen LogP contribution in [0.2, 0.25) is 5.02 Å². The van der Waals surface area contributed by atoms with Crippen LogP contribution in [-0.2, 0) is 0 Å². The number of nitrogens with one attached hydrogen (secondary N) is 1. The van der Waals surface area contributed by atoms with Crippen molar-refractivity contribution in [3.63, 3.8) is 0 Å². The summed E-state index contributed by atoms with van der Waals surface area (Å²) in [6.07, 6.45) is 0. The molecule has 0 spiro atoms. The van der Waals surface area contributed by atoms with Crippen LogP contribution in [0, 0.1) is 11.6 Å².